The summed E-state index contributed by atoms with van der Waals surface area (Å²) in [6.07, 6.45) is 13.6. The van der Waals surface area contributed by atoms with Crippen LogP contribution in [0.2, 0.25) is 0 Å². The number of aryl methyl sites for hydroxylation is 1. The molecule has 0 bridgehead atoms. The highest BCUT2D eigenvalue weighted by atomic mass is 14.8. The van der Waals surface area contributed by atoms with Gasteiger partial charge in [-0.3, -0.25) is 0 Å². The van der Waals surface area contributed by atoms with Gasteiger partial charge in [0.1, 0.15) is 6.33 Å². The van der Waals surface area contributed by atoms with E-state index in [4.69, 9.17) is 0 Å². The van der Waals surface area contributed by atoms with Crippen LogP contribution in [0.1, 0.15) is 58.4 Å². The third-order valence-electron chi connectivity index (χ3n) is 4.53. The summed E-state index contributed by atoms with van der Waals surface area (Å²) in [5.41, 5.74) is 1.79. The van der Waals surface area contributed by atoms with Crippen molar-refractivity contribution in [1.29, 1.82) is 0 Å². The van der Waals surface area contributed by atoms with Gasteiger partial charge in [-0.15, -0.1) is 0 Å². The summed E-state index contributed by atoms with van der Waals surface area (Å²) in [5.74, 6) is 1.85. The minimum absolute atomic E-state index is 0.498. The molecule has 0 radical (unpaired) electrons. The Morgan fingerprint density at radius 1 is 1.06 bits per heavy atom. The summed E-state index contributed by atoms with van der Waals surface area (Å²) < 4.78 is 0. The van der Waals surface area contributed by atoms with Gasteiger partial charge in [-0.1, -0.05) is 33.6 Å². The average molecular weight is 246 g/mol. The van der Waals surface area contributed by atoms with E-state index < -0.39 is 0 Å². The molecule has 1 aromatic heterocycles. The van der Waals surface area contributed by atoms with Gasteiger partial charge < -0.3 is 0 Å². The number of aromatic nitrogens is 2. The molecule has 1 aliphatic carbocycles. The number of hydrogen-bond acceptors (Lipinski definition) is 2. The maximum Gasteiger partial charge on any atom is 0.115 e. The topological polar surface area (TPSA) is 25.8 Å². The molecule has 1 saturated carbocycles. The van der Waals surface area contributed by atoms with Gasteiger partial charge in [0.2, 0.25) is 0 Å². The minimum atomic E-state index is 0.498. The van der Waals surface area contributed by atoms with Crippen molar-refractivity contribution in [3.8, 4) is 0 Å². The van der Waals surface area contributed by atoms with Gasteiger partial charge in [0.05, 0.1) is 0 Å². The van der Waals surface area contributed by atoms with Crippen LogP contribution in [0.5, 0.6) is 0 Å². The van der Waals surface area contributed by atoms with E-state index >= 15 is 0 Å². The quantitative estimate of drug-likeness (QED) is 0.796. The fraction of sp³-hybridized carbons (Fsp3) is 0.750. The Labute approximate surface area is 111 Å². The first-order valence-electron chi connectivity index (χ1n) is 7.29. The van der Waals surface area contributed by atoms with Gasteiger partial charge in [-0.05, 0) is 48.5 Å². The predicted octanol–water partition coefficient (Wildman–Crippen LogP) is 4.26. The molecule has 2 heteroatoms. The van der Waals surface area contributed by atoms with Crippen LogP contribution in [-0.2, 0) is 6.42 Å². The van der Waals surface area contributed by atoms with E-state index in [1.54, 1.807) is 6.33 Å². The van der Waals surface area contributed by atoms with Crippen molar-refractivity contribution >= 4 is 0 Å². The van der Waals surface area contributed by atoms with Crippen LogP contribution >= 0.6 is 0 Å². The molecule has 0 aromatic carbocycles. The standard InChI is InChI=1S/C16H26N2/c1-16(2,3)15-8-6-13(7-9-15)4-5-14-10-17-12-18-11-14/h10-13,15H,4-9H2,1-3H3. The Morgan fingerprint density at radius 2 is 1.67 bits per heavy atom. The zero-order valence-corrected chi connectivity index (χ0v) is 12.0. The molecular formula is C16H26N2. The van der Waals surface area contributed by atoms with Crippen molar-refractivity contribution in [3.63, 3.8) is 0 Å². The molecule has 100 valence electrons. The van der Waals surface area contributed by atoms with Crippen LogP contribution < -0.4 is 0 Å². The highest BCUT2D eigenvalue weighted by molar-refractivity contribution is 5.02. The van der Waals surface area contributed by atoms with Gasteiger partial charge in [0.15, 0.2) is 0 Å². The largest absolute Gasteiger partial charge is 0.245 e. The summed E-state index contributed by atoms with van der Waals surface area (Å²) in [4.78, 5) is 8.16. The van der Waals surface area contributed by atoms with Crippen LogP contribution in [0.3, 0.4) is 0 Å². The molecule has 2 nitrogen and oxygen atoms in total. The highest BCUT2D eigenvalue weighted by Gasteiger charge is 2.29. The van der Waals surface area contributed by atoms with Gasteiger partial charge in [-0.2, -0.15) is 0 Å². The molecule has 1 aliphatic rings. The Balaban J connectivity index is 1.74. The summed E-state index contributed by atoms with van der Waals surface area (Å²) >= 11 is 0. The lowest BCUT2D eigenvalue weighted by Crippen LogP contribution is -2.26. The molecule has 0 saturated heterocycles. The second-order valence-corrected chi connectivity index (χ2v) is 6.87. The first-order valence-corrected chi connectivity index (χ1v) is 7.29. The number of hydrogen-bond donors (Lipinski definition) is 0. The van der Waals surface area contributed by atoms with Gasteiger partial charge in [-0.25, -0.2) is 9.97 Å². The predicted molar refractivity (Wildman–Crippen MR) is 75.3 cm³/mol. The molecule has 0 amide bonds. The normalized spacial score (nSPS) is 25.1. The first-order chi connectivity index (χ1) is 8.55. The molecule has 0 atom stereocenters. The monoisotopic (exact) mass is 246 g/mol. The molecular weight excluding hydrogens is 220 g/mol. The SMILES string of the molecule is CC(C)(C)C1CCC(CCc2cncnc2)CC1. The van der Waals surface area contributed by atoms with Crippen molar-refractivity contribution in [3.05, 3.63) is 24.3 Å². The lowest BCUT2D eigenvalue weighted by molar-refractivity contribution is 0.147. The second kappa shape index (κ2) is 5.81. The van der Waals surface area contributed by atoms with E-state index in [0.717, 1.165) is 18.3 Å². The lowest BCUT2D eigenvalue weighted by atomic mass is 9.69. The molecule has 0 spiro atoms. The lowest BCUT2D eigenvalue weighted by Gasteiger charge is -2.37. The minimum Gasteiger partial charge on any atom is -0.245 e. The van der Waals surface area contributed by atoms with E-state index in [1.165, 1.54) is 37.7 Å². The summed E-state index contributed by atoms with van der Waals surface area (Å²) in [7, 11) is 0. The Kier molecular flexibility index (Phi) is 4.36. The average Bonchev–Trinajstić information content (AvgIpc) is 2.37. The third-order valence-corrected chi connectivity index (χ3v) is 4.53. The first kappa shape index (κ1) is 13.5. The van der Waals surface area contributed by atoms with Crippen molar-refractivity contribution in [1.82, 2.24) is 9.97 Å². The molecule has 2 rings (SSSR count). The van der Waals surface area contributed by atoms with Gasteiger partial charge >= 0.3 is 0 Å². The van der Waals surface area contributed by atoms with Gasteiger partial charge in [0, 0.05) is 12.4 Å². The molecule has 18 heavy (non-hydrogen) atoms. The highest BCUT2D eigenvalue weighted by Crippen LogP contribution is 2.40. The molecule has 0 aliphatic heterocycles. The summed E-state index contributed by atoms with van der Waals surface area (Å²) in [6.45, 7) is 7.16. The fourth-order valence-corrected chi connectivity index (χ4v) is 3.15. The van der Waals surface area contributed by atoms with E-state index in [-0.39, 0.29) is 0 Å². The third kappa shape index (κ3) is 3.79. The van der Waals surface area contributed by atoms with Crippen molar-refractivity contribution < 1.29 is 0 Å². The van der Waals surface area contributed by atoms with Gasteiger partial charge in [0.25, 0.3) is 0 Å². The fourth-order valence-electron chi connectivity index (χ4n) is 3.15. The zero-order chi connectivity index (χ0) is 13.0. The van der Waals surface area contributed by atoms with Crippen molar-refractivity contribution in [2.75, 3.05) is 0 Å². The van der Waals surface area contributed by atoms with E-state index in [0.29, 0.717) is 5.41 Å². The Hall–Kier alpha value is -0.920. The van der Waals surface area contributed by atoms with E-state index in [2.05, 4.69) is 30.7 Å². The smallest absolute Gasteiger partial charge is 0.115 e. The summed E-state index contributed by atoms with van der Waals surface area (Å²) in [6, 6.07) is 0. The maximum absolute atomic E-state index is 4.08. The van der Waals surface area contributed by atoms with Crippen LogP contribution in [0.25, 0.3) is 0 Å². The Bertz CT molecular complexity index is 345. The Morgan fingerprint density at radius 3 is 2.22 bits per heavy atom. The summed E-state index contributed by atoms with van der Waals surface area (Å²) in [5, 5.41) is 0. The molecule has 0 unspecified atom stereocenters. The van der Waals surface area contributed by atoms with E-state index in [9.17, 15) is 0 Å². The second-order valence-electron chi connectivity index (χ2n) is 6.87. The van der Waals surface area contributed by atoms with Crippen LogP contribution in [0.15, 0.2) is 18.7 Å². The van der Waals surface area contributed by atoms with Crippen LogP contribution in [0, 0.1) is 17.3 Å². The maximum atomic E-state index is 4.08. The number of nitrogens with zero attached hydrogens (tertiary/aromatic N) is 2. The molecule has 0 N–H and O–H groups in total. The van der Waals surface area contributed by atoms with Crippen molar-refractivity contribution in [2.45, 2.75) is 59.3 Å². The van der Waals surface area contributed by atoms with E-state index in [1.807, 2.05) is 12.4 Å². The molecule has 1 heterocycles. The van der Waals surface area contributed by atoms with Crippen LogP contribution in [0.4, 0.5) is 0 Å². The van der Waals surface area contributed by atoms with Crippen molar-refractivity contribution in [2.24, 2.45) is 17.3 Å². The zero-order valence-electron chi connectivity index (χ0n) is 12.0. The van der Waals surface area contributed by atoms with Crippen LogP contribution in [-0.4, -0.2) is 9.97 Å². The number of rotatable bonds is 3. The molecule has 1 aromatic rings. The molecule has 1 fully saturated rings.